The largest absolute Gasteiger partial charge is 0.397 e. The number of hydrogen-bond acceptors (Lipinski definition) is 4. The van der Waals surface area contributed by atoms with E-state index in [2.05, 4.69) is 39.9 Å². The van der Waals surface area contributed by atoms with E-state index in [1.807, 2.05) is 18.2 Å². The zero-order valence-electron chi connectivity index (χ0n) is 10.5. The number of nitrogens with two attached hydrogens (primary N) is 1. The molecule has 96 valence electrons. The van der Waals surface area contributed by atoms with Gasteiger partial charge in [0.2, 0.25) is 0 Å². The van der Waals surface area contributed by atoms with E-state index < -0.39 is 0 Å². The van der Waals surface area contributed by atoms with Gasteiger partial charge in [-0.15, -0.1) is 0 Å². The Morgan fingerprint density at radius 2 is 2.17 bits per heavy atom. The van der Waals surface area contributed by atoms with Crippen LogP contribution in [0.2, 0.25) is 0 Å². The summed E-state index contributed by atoms with van der Waals surface area (Å²) in [4.78, 5) is 4.38. The standard InChI is InChI=1S/C13H16BrN3O/c1-8(2)6-7-11-16-13(18-17-11)9-4-3-5-10(14)12(9)15/h3-5,8H,6-7,15H2,1-2H3. The minimum atomic E-state index is 0.479. The molecule has 0 unspecified atom stereocenters. The molecule has 0 amide bonds. The number of aromatic nitrogens is 2. The van der Waals surface area contributed by atoms with Gasteiger partial charge < -0.3 is 10.3 Å². The molecule has 0 fully saturated rings. The smallest absolute Gasteiger partial charge is 0.260 e. The Morgan fingerprint density at radius 1 is 1.39 bits per heavy atom. The molecule has 0 aliphatic carbocycles. The predicted molar refractivity (Wildman–Crippen MR) is 75.0 cm³/mol. The molecule has 4 nitrogen and oxygen atoms in total. The molecular formula is C13H16BrN3O. The van der Waals surface area contributed by atoms with Crippen LogP contribution >= 0.6 is 15.9 Å². The van der Waals surface area contributed by atoms with Crippen LogP contribution < -0.4 is 5.73 Å². The summed E-state index contributed by atoms with van der Waals surface area (Å²) in [5.41, 5.74) is 7.36. The maximum Gasteiger partial charge on any atom is 0.260 e. The first-order valence-electron chi connectivity index (χ1n) is 5.95. The Labute approximate surface area is 115 Å². The van der Waals surface area contributed by atoms with Crippen LogP contribution in [0.3, 0.4) is 0 Å². The van der Waals surface area contributed by atoms with Crippen molar-refractivity contribution in [2.45, 2.75) is 26.7 Å². The van der Waals surface area contributed by atoms with Gasteiger partial charge in [0, 0.05) is 10.9 Å². The Hall–Kier alpha value is -1.36. The number of halogens is 1. The molecule has 0 spiro atoms. The topological polar surface area (TPSA) is 64.9 Å². The normalized spacial score (nSPS) is 11.1. The van der Waals surface area contributed by atoms with Crippen LogP contribution in [0.4, 0.5) is 5.69 Å². The summed E-state index contributed by atoms with van der Waals surface area (Å²) in [6.07, 6.45) is 1.88. The lowest BCUT2D eigenvalue weighted by molar-refractivity contribution is 0.419. The van der Waals surface area contributed by atoms with Crippen molar-refractivity contribution in [3.05, 3.63) is 28.5 Å². The lowest BCUT2D eigenvalue weighted by Gasteiger charge is -2.02. The van der Waals surface area contributed by atoms with E-state index in [4.69, 9.17) is 10.3 Å². The molecule has 1 heterocycles. The second-order valence-electron chi connectivity index (χ2n) is 4.65. The lowest BCUT2D eigenvalue weighted by Crippen LogP contribution is -1.94. The number of para-hydroxylation sites is 1. The second-order valence-corrected chi connectivity index (χ2v) is 5.50. The summed E-state index contributed by atoms with van der Waals surface area (Å²) in [6.45, 7) is 4.35. The minimum Gasteiger partial charge on any atom is -0.397 e. The van der Waals surface area contributed by atoms with Crippen LogP contribution in [0, 0.1) is 5.92 Å². The molecule has 0 bridgehead atoms. The van der Waals surface area contributed by atoms with E-state index in [1.54, 1.807) is 0 Å². The highest BCUT2D eigenvalue weighted by Gasteiger charge is 2.13. The van der Waals surface area contributed by atoms with Gasteiger partial charge in [0.1, 0.15) is 0 Å². The third kappa shape index (κ3) is 2.90. The Morgan fingerprint density at radius 3 is 2.89 bits per heavy atom. The first kappa shape index (κ1) is 13.1. The molecule has 0 aliphatic heterocycles. The Bertz CT molecular complexity index is 537. The molecule has 2 aromatic rings. The number of hydrogen-bond donors (Lipinski definition) is 1. The van der Waals surface area contributed by atoms with E-state index in [0.717, 1.165) is 28.7 Å². The van der Waals surface area contributed by atoms with Gasteiger partial charge in [0.25, 0.3) is 5.89 Å². The highest BCUT2D eigenvalue weighted by molar-refractivity contribution is 9.10. The van der Waals surface area contributed by atoms with Crippen molar-refractivity contribution in [1.82, 2.24) is 10.1 Å². The molecule has 5 heteroatoms. The van der Waals surface area contributed by atoms with Crippen LogP contribution in [0.1, 0.15) is 26.1 Å². The van der Waals surface area contributed by atoms with Crippen LogP contribution in [0.25, 0.3) is 11.5 Å². The summed E-state index contributed by atoms with van der Waals surface area (Å²) in [5, 5.41) is 3.98. The van der Waals surface area contributed by atoms with E-state index in [9.17, 15) is 0 Å². The molecule has 1 aromatic heterocycles. The summed E-state index contributed by atoms with van der Waals surface area (Å²) in [7, 11) is 0. The fourth-order valence-electron chi connectivity index (χ4n) is 1.61. The van der Waals surface area contributed by atoms with Crippen molar-refractivity contribution in [3.63, 3.8) is 0 Å². The number of aryl methyl sites for hydroxylation is 1. The van der Waals surface area contributed by atoms with Gasteiger partial charge in [0.15, 0.2) is 5.82 Å². The number of rotatable bonds is 4. The highest BCUT2D eigenvalue weighted by atomic mass is 79.9. The van der Waals surface area contributed by atoms with Crippen LogP contribution in [0.15, 0.2) is 27.2 Å². The summed E-state index contributed by atoms with van der Waals surface area (Å²) >= 11 is 3.39. The van der Waals surface area contributed by atoms with Crippen molar-refractivity contribution in [2.24, 2.45) is 5.92 Å². The summed E-state index contributed by atoms with van der Waals surface area (Å²) in [5.74, 6) is 1.84. The van der Waals surface area contributed by atoms with Gasteiger partial charge in [-0.05, 0) is 40.4 Å². The van der Waals surface area contributed by atoms with E-state index in [0.29, 0.717) is 17.5 Å². The fraction of sp³-hybridized carbons (Fsp3) is 0.385. The van der Waals surface area contributed by atoms with Gasteiger partial charge in [0.05, 0.1) is 11.3 Å². The molecule has 18 heavy (non-hydrogen) atoms. The predicted octanol–water partition coefficient (Wildman–Crippen LogP) is 3.67. The monoisotopic (exact) mass is 309 g/mol. The molecule has 0 aliphatic rings. The van der Waals surface area contributed by atoms with Gasteiger partial charge in [-0.2, -0.15) is 4.98 Å². The van der Waals surface area contributed by atoms with Crippen LogP contribution in [-0.4, -0.2) is 10.1 Å². The van der Waals surface area contributed by atoms with Crippen molar-refractivity contribution < 1.29 is 4.52 Å². The fourth-order valence-corrected chi connectivity index (χ4v) is 1.97. The zero-order chi connectivity index (χ0) is 13.1. The van der Waals surface area contributed by atoms with Crippen molar-refractivity contribution in [3.8, 4) is 11.5 Å². The Kier molecular flexibility index (Phi) is 4.01. The van der Waals surface area contributed by atoms with E-state index in [-0.39, 0.29) is 0 Å². The van der Waals surface area contributed by atoms with Gasteiger partial charge in [-0.1, -0.05) is 25.1 Å². The van der Waals surface area contributed by atoms with Gasteiger partial charge in [-0.3, -0.25) is 0 Å². The molecule has 0 atom stereocenters. The zero-order valence-corrected chi connectivity index (χ0v) is 12.1. The first-order valence-corrected chi connectivity index (χ1v) is 6.74. The average molecular weight is 310 g/mol. The molecular weight excluding hydrogens is 294 g/mol. The first-order chi connectivity index (χ1) is 8.58. The molecule has 0 radical (unpaired) electrons. The number of nitrogens with zero attached hydrogens (tertiary/aromatic N) is 2. The van der Waals surface area contributed by atoms with Gasteiger partial charge in [-0.25, -0.2) is 0 Å². The third-order valence-corrected chi connectivity index (χ3v) is 3.39. The van der Waals surface area contributed by atoms with Crippen molar-refractivity contribution >= 4 is 21.6 Å². The van der Waals surface area contributed by atoms with Crippen LogP contribution in [-0.2, 0) is 6.42 Å². The minimum absolute atomic E-state index is 0.479. The Balaban J connectivity index is 2.21. The second kappa shape index (κ2) is 5.52. The summed E-state index contributed by atoms with van der Waals surface area (Å²) < 4.78 is 6.09. The molecule has 2 N–H and O–H groups in total. The third-order valence-electron chi connectivity index (χ3n) is 2.70. The van der Waals surface area contributed by atoms with E-state index >= 15 is 0 Å². The number of benzene rings is 1. The molecule has 0 saturated heterocycles. The maximum atomic E-state index is 5.97. The lowest BCUT2D eigenvalue weighted by atomic mass is 10.1. The summed E-state index contributed by atoms with van der Waals surface area (Å²) in [6, 6.07) is 5.66. The molecule has 1 aromatic carbocycles. The highest BCUT2D eigenvalue weighted by Crippen LogP contribution is 2.30. The molecule has 0 saturated carbocycles. The quantitative estimate of drug-likeness (QED) is 0.875. The average Bonchev–Trinajstić information content (AvgIpc) is 2.78. The number of nitrogen functional groups attached to an aromatic ring is 1. The van der Waals surface area contributed by atoms with Crippen LogP contribution in [0.5, 0.6) is 0 Å². The molecule has 2 rings (SSSR count). The van der Waals surface area contributed by atoms with Gasteiger partial charge >= 0.3 is 0 Å². The SMILES string of the molecule is CC(C)CCc1noc(-c2cccc(Br)c2N)n1. The maximum absolute atomic E-state index is 5.97. The van der Waals surface area contributed by atoms with Crippen molar-refractivity contribution in [1.29, 1.82) is 0 Å². The van der Waals surface area contributed by atoms with E-state index in [1.165, 1.54) is 0 Å². The number of anilines is 1. The van der Waals surface area contributed by atoms with Crippen molar-refractivity contribution in [2.75, 3.05) is 5.73 Å².